The molecule has 0 aliphatic carbocycles. The molecule has 0 aromatic heterocycles. The number of aliphatic hydroxyl groups excluding tert-OH is 1. The van der Waals surface area contributed by atoms with Crippen molar-refractivity contribution in [2.45, 2.75) is 51.4 Å². The van der Waals surface area contributed by atoms with Crippen LogP contribution in [0.1, 0.15) is 49.9 Å². The van der Waals surface area contributed by atoms with Crippen molar-refractivity contribution in [2.75, 3.05) is 25.2 Å². The summed E-state index contributed by atoms with van der Waals surface area (Å²) in [6, 6.07) is 14.6. The third-order valence-corrected chi connectivity index (χ3v) is 6.20. The molecule has 2 atom stereocenters. The van der Waals surface area contributed by atoms with E-state index in [0.717, 1.165) is 11.1 Å². The van der Waals surface area contributed by atoms with Gasteiger partial charge in [-0.1, -0.05) is 61.2 Å². The number of benzene rings is 2. The number of nitrogens with zero attached hydrogens (tertiary/aromatic N) is 1. The van der Waals surface area contributed by atoms with E-state index in [1.165, 1.54) is 16.7 Å². The van der Waals surface area contributed by atoms with Gasteiger partial charge in [-0.3, -0.25) is 9.59 Å². The van der Waals surface area contributed by atoms with Crippen LogP contribution < -0.4 is 10.6 Å². The molecule has 0 heterocycles. The molecule has 2 aromatic carbocycles. The Morgan fingerprint density at radius 1 is 1.13 bits per heavy atom. The zero-order valence-corrected chi connectivity index (χ0v) is 23.4. The fraction of sp³-hybridized carbons (Fsp3) is 0.414. The van der Waals surface area contributed by atoms with Crippen molar-refractivity contribution in [3.05, 3.63) is 77.9 Å². The Balaban J connectivity index is 2.44. The summed E-state index contributed by atoms with van der Waals surface area (Å²) in [5, 5.41) is 15.5. The fourth-order valence-corrected chi connectivity index (χ4v) is 4.30. The number of ether oxygens (including phenoxy) is 1. The van der Waals surface area contributed by atoms with Crippen molar-refractivity contribution in [2.24, 2.45) is 0 Å². The molecule has 38 heavy (non-hydrogen) atoms. The first kappa shape index (κ1) is 30.9. The van der Waals surface area contributed by atoms with Crippen LogP contribution in [0.5, 0.6) is 0 Å². The van der Waals surface area contributed by atoms with Crippen LogP contribution in [0.2, 0.25) is 0 Å². The van der Waals surface area contributed by atoms with Gasteiger partial charge in [-0.25, -0.2) is 4.79 Å². The van der Waals surface area contributed by atoms with Crippen LogP contribution in [0.4, 0.5) is 4.79 Å². The van der Waals surface area contributed by atoms with Crippen molar-refractivity contribution < 1.29 is 24.2 Å². The number of hydrogen-bond acceptors (Lipinski definition) is 6. The van der Waals surface area contributed by atoms with Crippen LogP contribution in [-0.2, 0) is 20.9 Å². The highest BCUT2D eigenvalue weighted by Crippen LogP contribution is 2.25. The lowest BCUT2D eigenvalue weighted by molar-refractivity contribution is -0.143. The predicted molar refractivity (Wildman–Crippen MR) is 153 cm³/mol. The molecule has 0 spiro atoms. The summed E-state index contributed by atoms with van der Waals surface area (Å²) < 4.78 is 5.38. The first-order valence-electron chi connectivity index (χ1n) is 12.5. The van der Waals surface area contributed by atoms with E-state index in [0.29, 0.717) is 17.7 Å². The molecule has 3 N–H and O–H groups in total. The molecule has 0 saturated heterocycles. The van der Waals surface area contributed by atoms with Crippen molar-refractivity contribution in [1.29, 1.82) is 0 Å². The van der Waals surface area contributed by atoms with Gasteiger partial charge in [-0.05, 0) is 62.0 Å². The number of carbonyl (C=O) groups excluding carboxylic acids is 3. The van der Waals surface area contributed by atoms with E-state index in [1.54, 1.807) is 45.0 Å². The van der Waals surface area contributed by atoms with E-state index in [-0.39, 0.29) is 19.7 Å². The number of carbonyl (C=O) groups is 3. The molecular formula is C29H39N3O5S. The molecule has 206 valence electrons. The number of thioether (sulfide) groups is 1. The monoisotopic (exact) mass is 541 g/mol. The summed E-state index contributed by atoms with van der Waals surface area (Å²) in [4.78, 5) is 41.5. The molecule has 8 nitrogen and oxygen atoms in total. The highest BCUT2D eigenvalue weighted by Gasteiger charge is 2.36. The average Bonchev–Trinajstić information content (AvgIpc) is 2.88. The van der Waals surface area contributed by atoms with Crippen LogP contribution in [0.15, 0.2) is 61.2 Å². The smallest absolute Gasteiger partial charge is 0.408 e. The Kier molecular flexibility index (Phi) is 12.4. The van der Waals surface area contributed by atoms with E-state index in [9.17, 15) is 19.5 Å². The van der Waals surface area contributed by atoms with Crippen molar-refractivity contribution >= 4 is 35.7 Å². The van der Waals surface area contributed by atoms with E-state index in [1.807, 2.05) is 42.7 Å². The van der Waals surface area contributed by atoms with Crippen LogP contribution >= 0.6 is 11.8 Å². The minimum absolute atomic E-state index is 0.105. The molecule has 0 bridgehead atoms. The molecule has 2 aromatic rings. The Morgan fingerprint density at radius 2 is 1.84 bits per heavy atom. The minimum Gasteiger partial charge on any atom is -0.444 e. The van der Waals surface area contributed by atoms with Crippen molar-refractivity contribution in [1.82, 2.24) is 15.5 Å². The zero-order chi connectivity index (χ0) is 28.1. The van der Waals surface area contributed by atoms with E-state index in [4.69, 9.17) is 4.74 Å². The highest BCUT2D eigenvalue weighted by atomic mass is 32.2. The van der Waals surface area contributed by atoms with Gasteiger partial charge in [-0.15, -0.1) is 0 Å². The molecule has 2 rings (SSSR count). The van der Waals surface area contributed by atoms with Gasteiger partial charge < -0.3 is 25.4 Å². The lowest BCUT2D eigenvalue weighted by Crippen LogP contribution is -2.53. The maximum Gasteiger partial charge on any atom is 0.408 e. The second kappa shape index (κ2) is 15.2. The van der Waals surface area contributed by atoms with Crippen LogP contribution in [0.25, 0.3) is 6.08 Å². The van der Waals surface area contributed by atoms with Crippen LogP contribution in [0.3, 0.4) is 0 Å². The molecule has 0 aliphatic rings. The molecule has 9 heteroatoms. The summed E-state index contributed by atoms with van der Waals surface area (Å²) in [6.45, 7) is 8.82. The summed E-state index contributed by atoms with van der Waals surface area (Å²) in [7, 11) is 0. The average molecular weight is 542 g/mol. The highest BCUT2D eigenvalue weighted by molar-refractivity contribution is 7.98. The van der Waals surface area contributed by atoms with Gasteiger partial charge in [0.15, 0.2) is 0 Å². The number of hydrogen-bond donors (Lipinski definition) is 3. The van der Waals surface area contributed by atoms with E-state index in [2.05, 4.69) is 17.2 Å². The Morgan fingerprint density at radius 3 is 2.45 bits per heavy atom. The maximum absolute atomic E-state index is 13.9. The number of amides is 3. The third kappa shape index (κ3) is 9.87. The minimum atomic E-state index is -1.05. The topological polar surface area (TPSA) is 108 Å². The molecule has 0 radical (unpaired) electrons. The standard InChI is InChI=1S/C29H39N3O5S/c1-6-21-13-10-14-23(19-21)25(26(34)30-20-22-11-8-7-9-12-22)32(16-17-33)27(35)24(15-18-38-5)31-28(36)37-29(2,3)4/h6-14,19,24-25,33H,1,15-18,20H2,2-5H3,(H,30,34)(H,31,36). The lowest BCUT2D eigenvalue weighted by atomic mass is 10.00. The largest absolute Gasteiger partial charge is 0.444 e. The summed E-state index contributed by atoms with van der Waals surface area (Å²) in [5.74, 6) is -0.295. The van der Waals surface area contributed by atoms with Gasteiger partial charge in [0.25, 0.3) is 0 Å². The zero-order valence-electron chi connectivity index (χ0n) is 22.6. The molecular weight excluding hydrogens is 502 g/mol. The second-order valence-corrected chi connectivity index (χ2v) is 10.7. The van der Waals surface area contributed by atoms with E-state index >= 15 is 0 Å². The first-order chi connectivity index (χ1) is 18.1. The van der Waals surface area contributed by atoms with Crippen molar-refractivity contribution in [3.63, 3.8) is 0 Å². The fourth-order valence-electron chi connectivity index (χ4n) is 3.83. The summed E-state index contributed by atoms with van der Waals surface area (Å²) in [5.41, 5.74) is 1.51. The quantitative estimate of drug-likeness (QED) is 0.352. The summed E-state index contributed by atoms with van der Waals surface area (Å²) >= 11 is 1.53. The third-order valence-electron chi connectivity index (χ3n) is 5.56. The Labute approximate surface area is 229 Å². The van der Waals surface area contributed by atoms with Crippen LogP contribution in [-0.4, -0.2) is 64.7 Å². The molecule has 2 unspecified atom stereocenters. The predicted octanol–water partition coefficient (Wildman–Crippen LogP) is 4.15. The Hall–Kier alpha value is -3.30. The molecule has 0 aliphatic heterocycles. The normalized spacial score (nSPS) is 12.7. The number of alkyl carbamates (subject to hydrolysis) is 1. The van der Waals surface area contributed by atoms with Gasteiger partial charge in [0, 0.05) is 13.1 Å². The van der Waals surface area contributed by atoms with Crippen LogP contribution in [0, 0.1) is 0 Å². The van der Waals surface area contributed by atoms with Gasteiger partial charge in [0.1, 0.15) is 17.7 Å². The van der Waals surface area contributed by atoms with E-state index < -0.39 is 35.6 Å². The molecule has 0 fully saturated rings. The van der Waals surface area contributed by atoms with Gasteiger partial charge >= 0.3 is 6.09 Å². The number of rotatable bonds is 13. The number of nitrogens with one attached hydrogen (secondary N) is 2. The molecule has 0 saturated carbocycles. The second-order valence-electron chi connectivity index (χ2n) is 9.72. The lowest BCUT2D eigenvalue weighted by Gasteiger charge is -2.34. The SMILES string of the molecule is C=Cc1cccc(C(C(=O)NCc2ccccc2)N(CCO)C(=O)C(CCSC)NC(=O)OC(C)(C)C)c1. The van der Waals surface area contributed by atoms with Gasteiger partial charge in [0.05, 0.1) is 6.61 Å². The number of aliphatic hydroxyl groups is 1. The van der Waals surface area contributed by atoms with Gasteiger partial charge in [-0.2, -0.15) is 11.8 Å². The Bertz CT molecular complexity index is 1070. The molecule has 3 amide bonds. The van der Waals surface area contributed by atoms with Gasteiger partial charge in [0.2, 0.25) is 11.8 Å². The maximum atomic E-state index is 13.9. The first-order valence-corrected chi connectivity index (χ1v) is 13.9. The summed E-state index contributed by atoms with van der Waals surface area (Å²) in [6.07, 6.45) is 3.17. The van der Waals surface area contributed by atoms with Crippen molar-refractivity contribution in [3.8, 4) is 0 Å².